The number of carbonyl (C=O) groups excluding carboxylic acids is 2. The standard InChI is InChI=1S/C21H15Cl2N5O2S/c22-13-5-6-15(23)17(9-13)28-19(29)10-18(20(28)30)31-21(24)27-26-11-12-7-8-25-16-4-2-1-3-14(12)16/h1-9,11,18H,10H2,(H2,24,27)/b26-11+. The fourth-order valence-corrected chi connectivity index (χ4v) is 4.34. The maximum atomic E-state index is 12.8. The molecule has 156 valence electrons. The van der Waals surface area contributed by atoms with Gasteiger partial charge in [-0.1, -0.05) is 53.2 Å². The molecule has 2 amide bonds. The molecule has 2 N–H and O–H groups in total. The molecule has 4 rings (SSSR count). The van der Waals surface area contributed by atoms with Gasteiger partial charge in [0.1, 0.15) is 5.25 Å². The first-order chi connectivity index (χ1) is 14.9. The van der Waals surface area contributed by atoms with Crippen molar-refractivity contribution in [3.05, 3.63) is 70.3 Å². The van der Waals surface area contributed by atoms with Gasteiger partial charge in [-0.2, -0.15) is 5.10 Å². The maximum Gasteiger partial charge on any atom is 0.247 e. The van der Waals surface area contributed by atoms with Crippen molar-refractivity contribution in [1.82, 2.24) is 4.98 Å². The number of fused-ring (bicyclic) bond motifs is 1. The summed E-state index contributed by atoms with van der Waals surface area (Å²) >= 11 is 13.1. The van der Waals surface area contributed by atoms with Crippen molar-refractivity contribution in [2.24, 2.45) is 15.9 Å². The predicted molar refractivity (Wildman–Crippen MR) is 126 cm³/mol. The molecule has 3 aromatic rings. The Bertz CT molecular complexity index is 1240. The number of anilines is 1. The minimum Gasteiger partial charge on any atom is -0.377 e. The Labute approximate surface area is 191 Å². The molecule has 1 atom stereocenters. The molecule has 1 aliphatic rings. The Kier molecular flexibility index (Phi) is 6.22. The van der Waals surface area contributed by atoms with Crippen LogP contribution in [0.4, 0.5) is 5.69 Å². The van der Waals surface area contributed by atoms with Gasteiger partial charge in [0.2, 0.25) is 11.8 Å². The van der Waals surface area contributed by atoms with Crippen LogP contribution in [-0.2, 0) is 9.59 Å². The van der Waals surface area contributed by atoms with Crippen LogP contribution in [0.2, 0.25) is 10.0 Å². The number of para-hydroxylation sites is 1. The summed E-state index contributed by atoms with van der Waals surface area (Å²) in [4.78, 5) is 30.5. The fourth-order valence-electron chi connectivity index (χ4n) is 3.15. The maximum absolute atomic E-state index is 12.8. The van der Waals surface area contributed by atoms with E-state index in [1.54, 1.807) is 18.5 Å². The van der Waals surface area contributed by atoms with Crippen LogP contribution < -0.4 is 10.6 Å². The Hall–Kier alpha value is -2.94. The normalized spacial score (nSPS) is 17.3. The van der Waals surface area contributed by atoms with E-state index in [1.165, 1.54) is 12.1 Å². The zero-order valence-electron chi connectivity index (χ0n) is 15.9. The smallest absolute Gasteiger partial charge is 0.247 e. The van der Waals surface area contributed by atoms with E-state index >= 15 is 0 Å². The number of halogens is 2. The van der Waals surface area contributed by atoms with Gasteiger partial charge in [-0.15, -0.1) is 5.10 Å². The number of benzene rings is 2. The van der Waals surface area contributed by atoms with Crippen LogP contribution in [0.25, 0.3) is 10.9 Å². The summed E-state index contributed by atoms with van der Waals surface area (Å²) in [5.74, 6) is -0.812. The molecule has 7 nitrogen and oxygen atoms in total. The molecule has 2 aromatic carbocycles. The average molecular weight is 472 g/mol. The molecule has 0 spiro atoms. The lowest BCUT2D eigenvalue weighted by Gasteiger charge is -2.16. The van der Waals surface area contributed by atoms with E-state index in [4.69, 9.17) is 28.9 Å². The number of rotatable bonds is 4. The number of imide groups is 1. The van der Waals surface area contributed by atoms with Crippen molar-refractivity contribution in [1.29, 1.82) is 0 Å². The van der Waals surface area contributed by atoms with Crippen molar-refractivity contribution in [2.75, 3.05) is 4.90 Å². The van der Waals surface area contributed by atoms with Gasteiger partial charge in [-0.25, -0.2) is 4.90 Å². The molecular weight excluding hydrogens is 457 g/mol. The van der Waals surface area contributed by atoms with E-state index in [2.05, 4.69) is 15.2 Å². The Balaban J connectivity index is 1.48. The Morgan fingerprint density at radius 1 is 1.19 bits per heavy atom. The number of thioether (sulfide) groups is 1. The summed E-state index contributed by atoms with van der Waals surface area (Å²) in [5.41, 5.74) is 7.86. The summed E-state index contributed by atoms with van der Waals surface area (Å²) in [6.45, 7) is 0. The SMILES string of the molecule is N/C(=N\N=C\c1ccnc2ccccc12)SC1CC(=O)N(c2cc(Cl)ccc2Cl)C1=O. The monoisotopic (exact) mass is 471 g/mol. The molecule has 2 heterocycles. The average Bonchev–Trinajstić information content (AvgIpc) is 3.03. The quantitative estimate of drug-likeness (QED) is 0.265. The largest absolute Gasteiger partial charge is 0.377 e. The van der Waals surface area contributed by atoms with Gasteiger partial charge in [0.25, 0.3) is 0 Å². The Morgan fingerprint density at radius 3 is 2.84 bits per heavy atom. The number of aromatic nitrogens is 1. The number of carbonyl (C=O) groups is 2. The number of nitrogens with zero attached hydrogens (tertiary/aromatic N) is 4. The molecule has 1 fully saturated rings. The summed E-state index contributed by atoms with van der Waals surface area (Å²) in [5, 5.41) is 8.89. The molecule has 31 heavy (non-hydrogen) atoms. The predicted octanol–water partition coefficient (Wildman–Crippen LogP) is 4.26. The van der Waals surface area contributed by atoms with Crippen LogP contribution in [-0.4, -0.2) is 33.4 Å². The topological polar surface area (TPSA) is 101 Å². The summed E-state index contributed by atoms with van der Waals surface area (Å²) in [6.07, 6.45) is 3.22. The van der Waals surface area contributed by atoms with Gasteiger partial charge >= 0.3 is 0 Å². The zero-order chi connectivity index (χ0) is 22.0. The fraction of sp³-hybridized carbons (Fsp3) is 0.0952. The van der Waals surface area contributed by atoms with Crippen LogP contribution in [0.3, 0.4) is 0 Å². The van der Waals surface area contributed by atoms with Gasteiger partial charge in [0.05, 0.1) is 22.4 Å². The van der Waals surface area contributed by atoms with Gasteiger partial charge in [0.15, 0.2) is 5.17 Å². The molecule has 1 saturated heterocycles. The second-order valence-electron chi connectivity index (χ2n) is 6.57. The molecule has 1 unspecified atom stereocenters. The van der Waals surface area contributed by atoms with Crippen molar-refractivity contribution >= 4 is 74.8 Å². The third-order valence-electron chi connectivity index (χ3n) is 4.55. The molecular formula is C21H15Cl2N5O2S. The van der Waals surface area contributed by atoms with E-state index < -0.39 is 11.2 Å². The van der Waals surface area contributed by atoms with Gasteiger partial charge in [-0.05, 0) is 30.3 Å². The first-order valence-corrected chi connectivity index (χ1v) is 10.8. The van der Waals surface area contributed by atoms with Crippen LogP contribution in [0.5, 0.6) is 0 Å². The van der Waals surface area contributed by atoms with Crippen molar-refractivity contribution in [3.63, 3.8) is 0 Å². The minimum absolute atomic E-state index is 0.0265. The number of nitrogens with two attached hydrogens (primary N) is 1. The summed E-state index contributed by atoms with van der Waals surface area (Å²) in [7, 11) is 0. The first-order valence-electron chi connectivity index (χ1n) is 9.13. The number of pyridine rings is 1. The van der Waals surface area contributed by atoms with Crippen molar-refractivity contribution in [3.8, 4) is 0 Å². The summed E-state index contributed by atoms with van der Waals surface area (Å²) in [6, 6.07) is 14.1. The van der Waals surface area contributed by atoms with Crippen LogP contribution in [0.1, 0.15) is 12.0 Å². The third-order valence-corrected chi connectivity index (χ3v) is 6.08. The molecule has 10 heteroatoms. The van der Waals surface area contributed by atoms with Gasteiger partial charge in [-0.3, -0.25) is 14.6 Å². The van der Waals surface area contributed by atoms with E-state index in [0.29, 0.717) is 5.02 Å². The number of hydrogen-bond donors (Lipinski definition) is 1. The molecule has 0 saturated carbocycles. The highest BCUT2D eigenvalue weighted by atomic mass is 35.5. The molecule has 0 radical (unpaired) electrons. The van der Waals surface area contributed by atoms with E-state index in [0.717, 1.165) is 33.1 Å². The molecule has 0 bridgehead atoms. The van der Waals surface area contributed by atoms with Crippen molar-refractivity contribution < 1.29 is 9.59 Å². The molecule has 1 aromatic heterocycles. The van der Waals surface area contributed by atoms with Crippen LogP contribution >= 0.6 is 35.0 Å². The number of hydrogen-bond acceptors (Lipinski definition) is 6. The number of amidine groups is 1. The van der Waals surface area contributed by atoms with E-state index in [9.17, 15) is 9.59 Å². The van der Waals surface area contributed by atoms with Crippen LogP contribution in [0.15, 0.2) is 64.9 Å². The molecule has 0 aliphatic carbocycles. The zero-order valence-corrected chi connectivity index (χ0v) is 18.2. The minimum atomic E-state index is -0.719. The second kappa shape index (κ2) is 9.05. The lowest BCUT2D eigenvalue weighted by Crippen LogP contribution is -2.32. The Morgan fingerprint density at radius 2 is 2.00 bits per heavy atom. The highest BCUT2D eigenvalue weighted by molar-refractivity contribution is 8.14. The van der Waals surface area contributed by atoms with Crippen LogP contribution in [0, 0.1) is 0 Å². The lowest BCUT2D eigenvalue weighted by molar-refractivity contribution is -0.121. The van der Waals surface area contributed by atoms with E-state index in [-0.39, 0.29) is 28.2 Å². The molecule has 1 aliphatic heterocycles. The lowest BCUT2D eigenvalue weighted by atomic mass is 10.1. The van der Waals surface area contributed by atoms with Gasteiger partial charge < -0.3 is 5.73 Å². The first kappa shape index (κ1) is 21.3. The van der Waals surface area contributed by atoms with E-state index in [1.807, 2.05) is 30.3 Å². The second-order valence-corrected chi connectivity index (χ2v) is 8.64. The van der Waals surface area contributed by atoms with Crippen molar-refractivity contribution in [2.45, 2.75) is 11.7 Å². The third kappa shape index (κ3) is 4.56. The van der Waals surface area contributed by atoms with Gasteiger partial charge in [0, 0.05) is 28.6 Å². The number of amides is 2. The highest BCUT2D eigenvalue weighted by Gasteiger charge is 2.41. The highest BCUT2D eigenvalue weighted by Crippen LogP contribution is 2.35. The summed E-state index contributed by atoms with van der Waals surface area (Å²) < 4.78 is 0.